The van der Waals surface area contributed by atoms with E-state index in [0.717, 1.165) is 62.9 Å². The zero-order valence-corrected chi connectivity index (χ0v) is 30.1. The Kier molecular flexibility index (Phi) is 12.3. The summed E-state index contributed by atoms with van der Waals surface area (Å²) >= 11 is 0. The summed E-state index contributed by atoms with van der Waals surface area (Å²) in [4.78, 5) is 42.4. The molecule has 0 radical (unpaired) electrons. The van der Waals surface area contributed by atoms with Crippen molar-refractivity contribution in [2.24, 2.45) is 5.92 Å². The molecule has 0 spiro atoms. The number of carbonyl (C=O) groups excluding carboxylic acids is 1. The van der Waals surface area contributed by atoms with E-state index in [0.29, 0.717) is 54.1 Å². The largest absolute Gasteiger partial charge is 0.506 e. The number of aromatic hydroxyl groups is 1. The van der Waals surface area contributed by atoms with Crippen molar-refractivity contribution < 1.29 is 34.4 Å². The van der Waals surface area contributed by atoms with Gasteiger partial charge in [0.2, 0.25) is 11.2 Å². The molecule has 7 rings (SSSR count). The number of hydrogen-bond acceptors (Lipinski definition) is 9. The van der Waals surface area contributed by atoms with E-state index >= 15 is 0 Å². The van der Waals surface area contributed by atoms with E-state index in [-0.39, 0.29) is 17.4 Å². The number of H-pyrrole nitrogens is 1. The number of phenolic OH excluding ortho intramolecular Hbond substituents is 1. The minimum atomic E-state index is -1.46. The van der Waals surface area contributed by atoms with Crippen LogP contribution in [0.25, 0.3) is 10.9 Å². The molecule has 1 amide bonds. The Bertz CT molecular complexity index is 1910. The lowest BCUT2D eigenvalue weighted by molar-refractivity contribution is -0.154. The minimum absolute atomic E-state index is 0.0537. The molecule has 0 saturated carbocycles. The quantitative estimate of drug-likeness (QED) is 0.0748. The van der Waals surface area contributed by atoms with Gasteiger partial charge in [0.1, 0.15) is 17.6 Å². The average molecular weight is 727 g/mol. The van der Waals surface area contributed by atoms with Gasteiger partial charge in [0, 0.05) is 24.5 Å². The van der Waals surface area contributed by atoms with Crippen molar-refractivity contribution in [3.05, 3.63) is 106 Å². The Hall–Kier alpha value is -4.91. The average Bonchev–Trinajstić information content (AvgIpc) is 3.16. The maximum Gasteiger partial charge on any atom is 0.408 e. The summed E-state index contributed by atoms with van der Waals surface area (Å²) in [7, 11) is 0. The normalized spacial score (nSPS) is 20.3. The highest BCUT2D eigenvalue weighted by Crippen LogP contribution is 2.32. The van der Waals surface area contributed by atoms with E-state index < -0.39 is 29.8 Å². The van der Waals surface area contributed by atoms with Gasteiger partial charge in [-0.15, -0.1) is 0 Å². The molecule has 3 fully saturated rings. The second-order valence-corrected chi connectivity index (χ2v) is 14.4. The number of aromatic nitrogens is 1. The molecule has 3 aliphatic heterocycles. The van der Waals surface area contributed by atoms with Gasteiger partial charge >= 0.3 is 12.1 Å². The number of benzene rings is 3. The van der Waals surface area contributed by atoms with Gasteiger partial charge in [-0.2, -0.15) is 0 Å². The fraction of sp³-hybridized carbons (Fsp3) is 0.439. The van der Waals surface area contributed by atoms with Gasteiger partial charge < -0.3 is 40.4 Å². The van der Waals surface area contributed by atoms with E-state index in [1.165, 1.54) is 12.1 Å². The van der Waals surface area contributed by atoms with E-state index in [1.54, 1.807) is 37.3 Å². The van der Waals surface area contributed by atoms with Crippen LogP contribution in [0.4, 0.5) is 4.79 Å². The van der Waals surface area contributed by atoms with Crippen LogP contribution in [0.3, 0.4) is 0 Å². The lowest BCUT2D eigenvalue weighted by atomic mass is 9.86. The number of aliphatic hydroxyl groups is 1. The number of fused-ring (bicyclic) bond motifs is 4. The summed E-state index contributed by atoms with van der Waals surface area (Å²) in [5.41, 5.74) is 0.729. The number of carboxylic acids is 1. The zero-order chi connectivity index (χ0) is 37.4. The predicted molar refractivity (Wildman–Crippen MR) is 201 cm³/mol. The Labute approximate surface area is 309 Å². The van der Waals surface area contributed by atoms with Gasteiger partial charge in [0.15, 0.2) is 0 Å². The van der Waals surface area contributed by atoms with E-state index in [4.69, 9.17) is 9.47 Å². The Balaban J connectivity index is 0.989. The maximum atomic E-state index is 13.2. The number of rotatable bonds is 17. The molecule has 12 heteroatoms. The highest BCUT2D eigenvalue weighted by molar-refractivity contribution is 5.87. The van der Waals surface area contributed by atoms with Crippen LogP contribution in [0.1, 0.15) is 80.7 Å². The predicted octanol–water partition coefficient (Wildman–Crippen LogP) is 5.64. The standard InChI is InChI=1S/C41H50N4O8/c1-41(39(49)50,20-7-2-3-8-21-42-25-34(47)31-14-16-33(46)38-32(31)15-17-36(48)43-38)53-30-13-9-12-29(24-30)37(28-10-5-4-6-11-28)44-40(51)52-35-26-45-22-18-27(35)19-23-45/h4-6,9-17,24,27,34-35,37,42,46-47H,2-3,7-8,18-23,25-26H2,1H3,(H,43,48)(H,44,51)(H,49,50)/t34-,35+,37?,41?/m1/s1. The number of carboxylic acid groups (broad SMARTS) is 1. The first-order valence-corrected chi connectivity index (χ1v) is 18.6. The van der Waals surface area contributed by atoms with Gasteiger partial charge in [-0.05, 0) is 106 Å². The molecule has 1 aromatic heterocycles. The molecule has 4 aromatic rings. The van der Waals surface area contributed by atoms with Crippen molar-refractivity contribution in [3.8, 4) is 11.5 Å². The number of alkyl carbamates (subject to hydrolysis) is 1. The van der Waals surface area contributed by atoms with Gasteiger partial charge in [0.25, 0.3) is 0 Å². The van der Waals surface area contributed by atoms with Crippen LogP contribution in [0.2, 0.25) is 0 Å². The molecule has 3 aliphatic rings. The lowest BCUT2D eigenvalue weighted by Gasteiger charge is -2.43. The van der Waals surface area contributed by atoms with Crippen LogP contribution in [-0.2, 0) is 9.53 Å². The van der Waals surface area contributed by atoms with Crippen LogP contribution in [0, 0.1) is 5.92 Å². The molecule has 6 N–H and O–H groups in total. The Morgan fingerprint density at radius 2 is 1.72 bits per heavy atom. The van der Waals surface area contributed by atoms with Gasteiger partial charge in [0.05, 0.1) is 17.7 Å². The SMILES string of the molecule is CC(CCCCCCNC[C@@H](O)c1ccc(O)c2[nH]c(=O)ccc12)(Oc1cccc(C(NC(=O)O[C@H]2CN3CCC2CC3)c2ccccc2)c1)C(=O)O. The Morgan fingerprint density at radius 3 is 2.45 bits per heavy atom. The lowest BCUT2D eigenvalue weighted by Crippen LogP contribution is -2.52. The van der Waals surface area contributed by atoms with Gasteiger partial charge in [-0.1, -0.05) is 61.4 Å². The number of nitrogens with one attached hydrogen (secondary N) is 3. The van der Waals surface area contributed by atoms with Crippen molar-refractivity contribution >= 4 is 23.0 Å². The molecule has 4 atom stereocenters. The van der Waals surface area contributed by atoms with Crippen LogP contribution in [-0.4, -0.2) is 81.7 Å². The maximum absolute atomic E-state index is 13.2. The highest BCUT2D eigenvalue weighted by Gasteiger charge is 2.37. The number of piperidine rings is 3. The molecular formula is C41H50N4O8. The summed E-state index contributed by atoms with van der Waals surface area (Å²) in [6.45, 7) is 5.42. The van der Waals surface area contributed by atoms with Crippen molar-refractivity contribution in [3.63, 3.8) is 0 Å². The number of aliphatic carboxylic acids is 1. The first kappa shape index (κ1) is 37.8. The van der Waals surface area contributed by atoms with Crippen molar-refractivity contribution in [1.29, 1.82) is 0 Å². The number of carbonyl (C=O) groups is 2. The van der Waals surface area contributed by atoms with Crippen LogP contribution in [0.5, 0.6) is 11.5 Å². The number of hydrogen-bond donors (Lipinski definition) is 6. The number of phenols is 1. The second kappa shape index (κ2) is 17.3. The van der Waals surface area contributed by atoms with Crippen molar-refractivity contribution in [2.45, 2.75) is 75.7 Å². The zero-order valence-electron chi connectivity index (χ0n) is 30.1. The number of nitrogens with zero attached hydrogens (tertiary/aromatic N) is 1. The topological polar surface area (TPSA) is 173 Å². The highest BCUT2D eigenvalue weighted by atomic mass is 16.6. The molecule has 12 nitrogen and oxygen atoms in total. The fourth-order valence-electron chi connectivity index (χ4n) is 7.52. The van der Waals surface area contributed by atoms with Crippen LogP contribution < -0.4 is 20.9 Å². The second-order valence-electron chi connectivity index (χ2n) is 14.4. The van der Waals surface area contributed by atoms with Crippen molar-refractivity contribution in [2.75, 3.05) is 32.7 Å². The smallest absolute Gasteiger partial charge is 0.408 e. The summed E-state index contributed by atoms with van der Waals surface area (Å²) in [6.07, 6.45) is 4.08. The molecule has 4 heterocycles. The number of unbranched alkanes of at least 4 members (excludes halogenated alkanes) is 3. The molecule has 2 unspecified atom stereocenters. The van der Waals surface area contributed by atoms with E-state index in [1.807, 2.05) is 36.4 Å². The molecule has 0 aliphatic carbocycles. The molecule has 3 saturated heterocycles. The first-order valence-electron chi connectivity index (χ1n) is 18.6. The molecule has 3 aromatic carbocycles. The summed E-state index contributed by atoms with van der Waals surface area (Å²) < 4.78 is 12.1. The number of amides is 1. The first-order chi connectivity index (χ1) is 25.6. The van der Waals surface area contributed by atoms with Crippen LogP contribution in [0.15, 0.2) is 83.7 Å². The molecule has 53 heavy (non-hydrogen) atoms. The third kappa shape index (κ3) is 9.56. The van der Waals surface area contributed by atoms with Crippen molar-refractivity contribution in [1.82, 2.24) is 20.5 Å². The van der Waals surface area contributed by atoms with Gasteiger partial charge in [-0.3, -0.25) is 9.69 Å². The van der Waals surface area contributed by atoms with E-state index in [9.17, 15) is 29.7 Å². The third-order valence-electron chi connectivity index (χ3n) is 10.6. The fourth-order valence-corrected chi connectivity index (χ4v) is 7.52. The number of aliphatic hydroxyl groups excluding tert-OH is 1. The number of ether oxygens (including phenoxy) is 2. The monoisotopic (exact) mass is 726 g/mol. The minimum Gasteiger partial charge on any atom is -0.506 e. The molecule has 2 bridgehead atoms. The molecule has 282 valence electrons. The summed E-state index contributed by atoms with van der Waals surface area (Å²) in [5.74, 6) is -0.321. The summed E-state index contributed by atoms with van der Waals surface area (Å²) in [6, 6.07) is 22.4. The van der Waals surface area contributed by atoms with Gasteiger partial charge in [-0.25, -0.2) is 9.59 Å². The molecular weight excluding hydrogens is 676 g/mol. The number of aromatic amines is 1. The van der Waals surface area contributed by atoms with E-state index in [2.05, 4.69) is 20.5 Å². The number of pyridine rings is 1. The Morgan fingerprint density at radius 1 is 0.962 bits per heavy atom. The van der Waals surface area contributed by atoms with Crippen LogP contribution >= 0.6 is 0 Å². The third-order valence-corrected chi connectivity index (χ3v) is 10.6. The summed E-state index contributed by atoms with van der Waals surface area (Å²) in [5, 5.41) is 38.0.